The van der Waals surface area contributed by atoms with Crippen LogP contribution in [0.25, 0.3) is 22.3 Å². The van der Waals surface area contributed by atoms with Crippen molar-refractivity contribution in [2.75, 3.05) is 4.90 Å². The van der Waals surface area contributed by atoms with Crippen LogP contribution in [0.5, 0.6) is 5.75 Å². The number of urea groups is 1. The second kappa shape index (κ2) is 12.9. The van der Waals surface area contributed by atoms with Gasteiger partial charge in [0.05, 0.1) is 23.5 Å². The van der Waals surface area contributed by atoms with Gasteiger partial charge in [-0.05, 0) is 83.1 Å². The summed E-state index contributed by atoms with van der Waals surface area (Å²) in [6.07, 6.45) is -0.249. The Balaban J connectivity index is 1.32. The summed E-state index contributed by atoms with van der Waals surface area (Å²) in [7, 11) is -4.40. The molecule has 0 bridgehead atoms. The molecule has 5 aromatic carbocycles. The molecule has 5 aromatic rings. The number of aliphatic hydroxyl groups is 1. The van der Waals surface area contributed by atoms with Gasteiger partial charge in [0.1, 0.15) is 11.6 Å². The molecule has 0 unspecified atom stereocenters. The van der Waals surface area contributed by atoms with E-state index in [0.717, 1.165) is 11.1 Å². The number of carbonyl (C=O) groups is 1. The number of benzene rings is 5. The molecular weight excluding hydrogens is 606 g/mol. The standard InChI is InChI=1S/C36H32FN2O6P/c37-28-13-6-26(7-14-28)33(40)21-20-32-35(31-19-12-27(22-34(31)41)25-10-17-30(18-11-25)46(43,44)45)39(36(42)38-32)29-15-8-24(9-16-29)23-4-2-1-3-5-23/h1-19,22,32-33,35,40-41H,20-21H2,(H,38,42)(H2,43,44,45)/t32-,33+,35-/m1/s1. The third-order valence-electron chi connectivity index (χ3n) is 8.33. The molecular formula is C36H32FN2O6P. The van der Waals surface area contributed by atoms with Crippen molar-refractivity contribution < 1.29 is 33.7 Å². The molecule has 1 heterocycles. The summed E-state index contributed by atoms with van der Waals surface area (Å²) in [6, 6.07) is 32.5. The van der Waals surface area contributed by atoms with Gasteiger partial charge in [-0.2, -0.15) is 0 Å². The van der Waals surface area contributed by atoms with Crippen molar-refractivity contribution in [3.63, 3.8) is 0 Å². The van der Waals surface area contributed by atoms with Gasteiger partial charge in [0.25, 0.3) is 0 Å². The Kier molecular flexibility index (Phi) is 8.75. The van der Waals surface area contributed by atoms with Crippen LogP contribution in [0.4, 0.5) is 14.9 Å². The Morgan fingerprint density at radius 3 is 2.00 bits per heavy atom. The van der Waals surface area contributed by atoms with E-state index >= 15 is 0 Å². The van der Waals surface area contributed by atoms with E-state index in [-0.39, 0.29) is 23.5 Å². The topological polar surface area (TPSA) is 130 Å². The van der Waals surface area contributed by atoms with Crippen molar-refractivity contribution in [3.05, 3.63) is 138 Å². The first-order chi connectivity index (χ1) is 22.1. The van der Waals surface area contributed by atoms with Gasteiger partial charge in [-0.25, -0.2) is 9.18 Å². The summed E-state index contributed by atoms with van der Waals surface area (Å²) in [5.41, 5.74) is 4.96. The van der Waals surface area contributed by atoms with Crippen molar-refractivity contribution in [2.45, 2.75) is 31.0 Å². The van der Waals surface area contributed by atoms with Crippen LogP contribution in [0, 0.1) is 5.82 Å². The number of nitrogens with one attached hydrogen (secondary N) is 1. The second-order valence-corrected chi connectivity index (χ2v) is 12.9. The summed E-state index contributed by atoms with van der Waals surface area (Å²) in [4.78, 5) is 34.1. The van der Waals surface area contributed by atoms with Crippen LogP contribution >= 0.6 is 7.60 Å². The summed E-state index contributed by atoms with van der Waals surface area (Å²) in [5, 5.41) is 25.2. The maximum Gasteiger partial charge on any atom is 0.356 e. The molecule has 0 aromatic heterocycles. The average molecular weight is 639 g/mol. The average Bonchev–Trinajstić information content (AvgIpc) is 3.39. The first-order valence-corrected chi connectivity index (χ1v) is 16.4. The largest absolute Gasteiger partial charge is 0.508 e. The SMILES string of the molecule is O=C1N[C@H](CC[C@H](O)c2ccc(F)cc2)[C@@H](c2ccc(-c3ccc(P(=O)(O)O)cc3)cc2O)N1c1ccc(-c2ccccc2)cc1. The summed E-state index contributed by atoms with van der Waals surface area (Å²) in [6.45, 7) is 0. The summed E-state index contributed by atoms with van der Waals surface area (Å²) >= 11 is 0. The van der Waals surface area contributed by atoms with Crippen LogP contribution in [0.3, 0.4) is 0 Å². The molecule has 0 aliphatic carbocycles. The maximum absolute atomic E-state index is 13.6. The number of aliphatic hydroxyl groups excluding tert-OH is 1. The molecule has 46 heavy (non-hydrogen) atoms. The Labute approximate surface area is 265 Å². The zero-order valence-corrected chi connectivity index (χ0v) is 25.5. The fourth-order valence-electron chi connectivity index (χ4n) is 5.93. The molecule has 10 heteroatoms. The highest BCUT2D eigenvalue weighted by molar-refractivity contribution is 7.60. The molecule has 0 radical (unpaired) electrons. The Hall–Kier alpha value is -4.79. The number of anilines is 1. The van der Waals surface area contributed by atoms with Gasteiger partial charge in [0, 0.05) is 11.3 Å². The molecule has 2 amide bonds. The van der Waals surface area contributed by atoms with E-state index in [1.807, 2.05) is 54.6 Å². The molecule has 5 N–H and O–H groups in total. The van der Waals surface area contributed by atoms with Gasteiger partial charge in [-0.3, -0.25) is 9.46 Å². The maximum atomic E-state index is 13.6. The third-order valence-corrected chi connectivity index (χ3v) is 9.30. The minimum atomic E-state index is -4.40. The number of hydrogen-bond acceptors (Lipinski definition) is 4. The predicted molar refractivity (Wildman–Crippen MR) is 175 cm³/mol. The van der Waals surface area contributed by atoms with E-state index in [1.54, 1.807) is 35.2 Å². The first kappa shape index (κ1) is 31.2. The fraction of sp³-hybridized carbons (Fsp3) is 0.139. The van der Waals surface area contributed by atoms with Crippen LogP contribution in [0.2, 0.25) is 0 Å². The van der Waals surface area contributed by atoms with Crippen molar-refractivity contribution in [3.8, 4) is 28.0 Å². The molecule has 1 aliphatic heterocycles. The van der Waals surface area contributed by atoms with Gasteiger partial charge in [-0.15, -0.1) is 0 Å². The molecule has 234 valence electrons. The van der Waals surface area contributed by atoms with Gasteiger partial charge in [-0.1, -0.05) is 78.9 Å². The van der Waals surface area contributed by atoms with Crippen molar-refractivity contribution in [1.82, 2.24) is 5.32 Å². The molecule has 1 fully saturated rings. The van der Waals surface area contributed by atoms with Gasteiger partial charge < -0.3 is 25.3 Å². The van der Waals surface area contributed by atoms with Crippen LogP contribution in [0.1, 0.15) is 36.1 Å². The van der Waals surface area contributed by atoms with E-state index < -0.39 is 31.6 Å². The highest BCUT2D eigenvalue weighted by Crippen LogP contribution is 2.42. The van der Waals surface area contributed by atoms with E-state index in [1.165, 1.54) is 36.4 Å². The number of phenols is 1. The number of phenolic OH excluding ortho intramolecular Hbond substituents is 1. The molecule has 1 saturated heterocycles. The monoisotopic (exact) mass is 638 g/mol. The molecule has 0 spiro atoms. The van der Waals surface area contributed by atoms with Crippen LogP contribution in [0.15, 0.2) is 121 Å². The minimum Gasteiger partial charge on any atom is -0.508 e. The molecule has 0 saturated carbocycles. The number of hydrogen-bond donors (Lipinski definition) is 5. The third kappa shape index (κ3) is 6.59. The zero-order valence-electron chi connectivity index (χ0n) is 24.6. The minimum absolute atomic E-state index is 0.0620. The zero-order chi connectivity index (χ0) is 32.4. The quantitative estimate of drug-likeness (QED) is 0.113. The smallest absolute Gasteiger partial charge is 0.356 e. The number of amides is 2. The Morgan fingerprint density at radius 2 is 1.37 bits per heavy atom. The normalized spacial score (nSPS) is 17.1. The summed E-state index contributed by atoms with van der Waals surface area (Å²) in [5.74, 6) is -0.460. The number of aromatic hydroxyl groups is 1. The van der Waals surface area contributed by atoms with Gasteiger partial charge in [0.15, 0.2) is 0 Å². The number of nitrogens with zero attached hydrogens (tertiary/aromatic N) is 1. The highest BCUT2D eigenvalue weighted by Gasteiger charge is 2.42. The lowest BCUT2D eigenvalue weighted by Gasteiger charge is -2.28. The molecule has 6 rings (SSSR count). The van der Waals surface area contributed by atoms with Gasteiger partial charge in [0.2, 0.25) is 0 Å². The van der Waals surface area contributed by atoms with E-state index in [4.69, 9.17) is 0 Å². The lowest BCUT2D eigenvalue weighted by molar-refractivity contribution is 0.159. The van der Waals surface area contributed by atoms with E-state index in [0.29, 0.717) is 34.4 Å². The first-order valence-electron chi connectivity index (χ1n) is 14.8. The van der Waals surface area contributed by atoms with Crippen molar-refractivity contribution >= 4 is 24.6 Å². The van der Waals surface area contributed by atoms with Gasteiger partial charge >= 0.3 is 13.6 Å². The predicted octanol–water partition coefficient (Wildman–Crippen LogP) is 6.82. The van der Waals surface area contributed by atoms with E-state index in [9.17, 15) is 33.7 Å². The van der Waals surface area contributed by atoms with Crippen molar-refractivity contribution in [1.29, 1.82) is 0 Å². The highest BCUT2D eigenvalue weighted by atomic mass is 31.2. The molecule has 1 aliphatic rings. The lowest BCUT2D eigenvalue weighted by Crippen LogP contribution is -2.29. The molecule has 3 atom stereocenters. The number of halogens is 1. The van der Waals surface area contributed by atoms with E-state index in [2.05, 4.69) is 5.32 Å². The van der Waals surface area contributed by atoms with Crippen LogP contribution in [-0.4, -0.2) is 32.1 Å². The number of rotatable bonds is 9. The lowest BCUT2D eigenvalue weighted by atomic mass is 9.91. The van der Waals surface area contributed by atoms with Crippen LogP contribution in [-0.2, 0) is 4.57 Å². The molecule has 8 nitrogen and oxygen atoms in total. The van der Waals surface area contributed by atoms with Crippen molar-refractivity contribution in [2.24, 2.45) is 0 Å². The number of carbonyl (C=O) groups excluding carboxylic acids is 1. The summed E-state index contributed by atoms with van der Waals surface area (Å²) < 4.78 is 25.0. The Bertz CT molecular complexity index is 1880. The Morgan fingerprint density at radius 1 is 0.783 bits per heavy atom. The fourth-order valence-corrected chi connectivity index (χ4v) is 6.47. The van der Waals surface area contributed by atoms with Crippen LogP contribution < -0.4 is 15.5 Å². The second-order valence-electron chi connectivity index (χ2n) is 11.3.